The molecule has 0 aliphatic heterocycles. The average molecular weight is 187 g/mol. The first-order valence-corrected chi connectivity index (χ1v) is 3.91. The van der Waals surface area contributed by atoms with Gasteiger partial charge in [-0.1, -0.05) is 12.1 Å². The minimum absolute atomic E-state index is 0.00463. The van der Waals surface area contributed by atoms with Crippen molar-refractivity contribution in [3.63, 3.8) is 0 Å². The first-order chi connectivity index (χ1) is 6.04. The molecule has 0 aliphatic rings. The van der Waals surface area contributed by atoms with Gasteiger partial charge in [0, 0.05) is 5.56 Å². The molecule has 0 saturated carbocycles. The van der Waals surface area contributed by atoms with E-state index in [-0.39, 0.29) is 5.56 Å². The Balaban J connectivity index is 3.07. The van der Waals surface area contributed by atoms with Crippen LogP contribution in [-0.2, 0) is 0 Å². The predicted molar refractivity (Wildman–Crippen MR) is 45.0 cm³/mol. The van der Waals surface area contributed by atoms with Crippen LogP contribution in [0, 0.1) is 11.6 Å². The van der Waals surface area contributed by atoms with Crippen LogP contribution in [0.25, 0.3) is 0 Å². The van der Waals surface area contributed by atoms with E-state index in [0.717, 1.165) is 6.07 Å². The minimum atomic E-state index is -0.990. The number of halogens is 2. The SMILES string of the molecule is C[C@@H](O)[C@@H](N)c1cccc(F)c1F. The Hall–Kier alpha value is -1.00. The van der Waals surface area contributed by atoms with Crippen molar-refractivity contribution < 1.29 is 13.9 Å². The van der Waals surface area contributed by atoms with E-state index < -0.39 is 23.8 Å². The van der Waals surface area contributed by atoms with Crippen LogP contribution in [0.15, 0.2) is 18.2 Å². The third-order valence-electron chi connectivity index (χ3n) is 1.86. The first-order valence-electron chi connectivity index (χ1n) is 3.91. The molecular weight excluding hydrogens is 176 g/mol. The summed E-state index contributed by atoms with van der Waals surface area (Å²) in [5, 5.41) is 9.08. The molecule has 2 atom stereocenters. The zero-order chi connectivity index (χ0) is 10.0. The molecule has 72 valence electrons. The zero-order valence-electron chi connectivity index (χ0n) is 7.17. The fraction of sp³-hybridized carbons (Fsp3) is 0.333. The maximum absolute atomic E-state index is 13.0. The third-order valence-corrected chi connectivity index (χ3v) is 1.86. The molecule has 0 fully saturated rings. The topological polar surface area (TPSA) is 46.2 Å². The largest absolute Gasteiger partial charge is 0.391 e. The molecule has 0 amide bonds. The van der Waals surface area contributed by atoms with E-state index >= 15 is 0 Å². The molecular formula is C9H11F2NO. The highest BCUT2D eigenvalue weighted by Gasteiger charge is 2.18. The van der Waals surface area contributed by atoms with Crippen LogP contribution in [0.2, 0.25) is 0 Å². The highest BCUT2D eigenvalue weighted by atomic mass is 19.2. The zero-order valence-corrected chi connectivity index (χ0v) is 7.17. The van der Waals surface area contributed by atoms with E-state index in [4.69, 9.17) is 10.8 Å². The average Bonchev–Trinajstić information content (AvgIpc) is 2.08. The third kappa shape index (κ3) is 2.02. The predicted octanol–water partition coefficient (Wildman–Crippen LogP) is 1.35. The monoisotopic (exact) mass is 187 g/mol. The van der Waals surface area contributed by atoms with Gasteiger partial charge in [-0.25, -0.2) is 8.78 Å². The second-order valence-corrected chi connectivity index (χ2v) is 2.91. The Morgan fingerprint density at radius 3 is 2.54 bits per heavy atom. The van der Waals surface area contributed by atoms with Crippen LogP contribution in [0.5, 0.6) is 0 Å². The van der Waals surface area contributed by atoms with Gasteiger partial charge < -0.3 is 10.8 Å². The van der Waals surface area contributed by atoms with Gasteiger partial charge in [-0.2, -0.15) is 0 Å². The number of rotatable bonds is 2. The number of aliphatic hydroxyl groups is 1. The minimum Gasteiger partial charge on any atom is -0.391 e. The summed E-state index contributed by atoms with van der Waals surface area (Å²) in [5.74, 6) is -1.94. The van der Waals surface area contributed by atoms with Crippen LogP contribution in [-0.4, -0.2) is 11.2 Å². The highest BCUT2D eigenvalue weighted by Crippen LogP contribution is 2.19. The van der Waals surface area contributed by atoms with Crippen molar-refractivity contribution in [2.24, 2.45) is 5.73 Å². The summed E-state index contributed by atoms with van der Waals surface area (Å²) in [6.07, 6.45) is -0.906. The molecule has 1 aromatic carbocycles. The molecule has 0 aliphatic carbocycles. The van der Waals surface area contributed by atoms with Gasteiger partial charge in [0.15, 0.2) is 11.6 Å². The van der Waals surface area contributed by atoms with Crippen LogP contribution >= 0.6 is 0 Å². The molecule has 1 rings (SSSR count). The molecule has 1 aromatic rings. The second-order valence-electron chi connectivity index (χ2n) is 2.91. The van der Waals surface area contributed by atoms with E-state index in [1.165, 1.54) is 19.1 Å². The molecule has 4 heteroatoms. The van der Waals surface area contributed by atoms with E-state index in [1.54, 1.807) is 0 Å². The lowest BCUT2D eigenvalue weighted by molar-refractivity contribution is 0.162. The molecule has 0 unspecified atom stereocenters. The second kappa shape index (κ2) is 3.81. The van der Waals surface area contributed by atoms with Gasteiger partial charge in [0.2, 0.25) is 0 Å². The number of benzene rings is 1. The van der Waals surface area contributed by atoms with Gasteiger partial charge in [0.25, 0.3) is 0 Å². The molecule has 13 heavy (non-hydrogen) atoms. The molecule has 0 aromatic heterocycles. The lowest BCUT2D eigenvalue weighted by atomic mass is 10.0. The van der Waals surface area contributed by atoms with Gasteiger partial charge in [-0.3, -0.25) is 0 Å². The van der Waals surface area contributed by atoms with Crippen molar-refractivity contribution in [1.29, 1.82) is 0 Å². The van der Waals surface area contributed by atoms with Crippen molar-refractivity contribution in [3.8, 4) is 0 Å². The summed E-state index contributed by atoms with van der Waals surface area (Å²) in [6, 6.07) is 2.83. The van der Waals surface area contributed by atoms with Crippen molar-refractivity contribution in [3.05, 3.63) is 35.4 Å². The van der Waals surface area contributed by atoms with Crippen LogP contribution in [0.1, 0.15) is 18.5 Å². The fourth-order valence-corrected chi connectivity index (χ4v) is 1.04. The van der Waals surface area contributed by atoms with Crippen molar-refractivity contribution >= 4 is 0 Å². The number of aliphatic hydroxyl groups excluding tert-OH is 1. The maximum atomic E-state index is 13.0. The van der Waals surface area contributed by atoms with Crippen molar-refractivity contribution in [1.82, 2.24) is 0 Å². The quantitative estimate of drug-likeness (QED) is 0.734. The summed E-state index contributed by atoms with van der Waals surface area (Å²) in [4.78, 5) is 0. The van der Waals surface area contributed by atoms with E-state index in [9.17, 15) is 8.78 Å². The Morgan fingerprint density at radius 2 is 2.00 bits per heavy atom. The Morgan fingerprint density at radius 1 is 1.38 bits per heavy atom. The number of hydrogen-bond acceptors (Lipinski definition) is 2. The molecule has 3 N–H and O–H groups in total. The Labute approximate surface area is 75.0 Å². The van der Waals surface area contributed by atoms with Crippen LogP contribution < -0.4 is 5.73 Å². The Kier molecular flexibility index (Phi) is 2.95. The fourth-order valence-electron chi connectivity index (χ4n) is 1.04. The van der Waals surface area contributed by atoms with Gasteiger partial charge in [-0.05, 0) is 13.0 Å². The van der Waals surface area contributed by atoms with Crippen LogP contribution in [0.4, 0.5) is 8.78 Å². The van der Waals surface area contributed by atoms with Crippen molar-refractivity contribution in [2.45, 2.75) is 19.1 Å². The summed E-state index contributed by atoms with van der Waals surface area (Å²) < 4.78 is 25.7. The lowest BCUT2D eigenvalue weighted by Gasteiger charge is -2.15. The van der Waals surface area contributed by atoms with E-state index in [0.29, 0.717) is 0 Å². The molecule has 2 nitrogen and oxygen atoms in total. The normalized spacial score (nSPS) is 15.5. The van der Waals surface area contributed by atoms with Gasteiger partial charge in [-0.15, -0.1) is 0 Å². The lowest BCUT2D eigenvalue weighted by Crippen LogP contribution is -2.24. The van der Waals surface area contributed by atoms with Gasteiger partial charge in [0.05, 0.1) is 12.1 Å². The van der Waals surface area contributed by atoms with Crippen molar-refractivity contribution in [2.75, 3.05) is 0 Å². The summed E-state index contributed by atoms with van der Waals surface area (Å²) >= 11 is 0. The highest BCUT2D eigenvalue weighted by molar-refractivity contribution is 5.22. The smallest absolute Gasteiger partial charge is 0.163 e. The molecule has 0 spiro atoms. The van der Waals surface area contributed by atoms with E-state index in [1.807, 2.05) is 0 Å². The summed E-state index contributed by atoms with van der Waals surface area (Å²) in [6.45, 7) is 1.43. The number of nitrogens with two attached hydrogens (primary N) is 1. The summed E-state index contributed by atoms with van der Waals surface area (Å²) in [7, 11) is 0. The van der Waals surface area contributed by atoms with Gasteiger partial charge in [0.1, 0.15) is 0 Å². The standard InChI is InChI=1S/C9H11F2NO/c1-5(13)9(12)6-3-2-4-7(10)8(6)11/h2-5,9,13H,12H2,1H3/t5-,9-/m1/s1. The van der Waals surface area contributed by atoms with E-state index in [2.05, 4.69) is 0 Å². The molecule has 0 radical (unpaired) electrons. The number of hydrogen-bond donors (Lipinski definition) is 2. The summed E-state index contributed by atoms with van der Waals surface area (Å²) in [5.41, 5.74) is 5.45. The molecule has 0 heterocycles. The first kappa shape index (κ1) is 10.1. The van der Waals surface area contributed by atoms with Crippen LogP contribution in [0.3, 0.4) is 0 Å². The molecule has 0 saturated heterocycles. The molecule has 0 bridgehead atoms. The Bertz CT molecular complexity index is 302. The van der Waals surface area contributed by atoms with Gasteiger partial charge >= 0.3 is 0 Å². The maximum Gasteiger partial charge on any atom is 0.163 e.